The number of amides is 1. The zero-order valence-electron chi connectivity index (χ0n) is 16.1. The molecule has 0 aromatic heterocycles. The van der Waals surface area contributed by atoms with Gasteiger partial charge in [-0.15, -0.1) is 0 Å². The fourth-order valence-corrected chi connectivity index (χ4v) is 2.41. The van der Waals surface area contributed by atoms with Gasteiger partial charge in [-0.25, -0.2) is 4.79 Å². The topological polar surface area (TPSA) is 83.1 Å². The Kier molecular flexibility index (Phi) is 7.52. The minimum Gasteiger partial charge on any atom is -0.493 e. The summed E-state index contributed by atoms with van der Waals surface area (Å²) in [5.74, 6) is 0.345. The molecule has 8 heteroatoms. The molecule has 0 spiro atoms. The molecule has 2 rings (SSSR count). The molecule has 2 aromatic carbocycles. The van der Waals surface area contributed by atoms with E-state index in [-0.39, 0.29) is 6.61 Å². The Hall–Kier alpha value is -2.93. The predicted octanol–water partition coefficient (Wildman–Crippen LogP) is 3.61. The minimum atomic E-state index is -1.00. The number of esters is 1. The van der Waals surface area contributed by atoms with E-state index in [1.807, 2.05) is 6.92 Å². The van der Waals surface area contributed by atoms with E-state index in [0.29, 0.717) is 28.0 Å². The van der Waals surface area contributed by atoms with Crippen molar-refractivity contribution in [2.24, 2.45) is 0 Å². The summed E-state index contributed by atoms with van der Waals surface area (Å²) in [6, 6.07) is 9.96. The molecule has 7 nitrogen and oxygen atoms in total. The van der Waals surface area contributed by atoms with Crippen LogP contribution in [-0.4, -0.2) is 38.8 Å². The molecular weight excluding hydrogens is 386 g/mol. The summed E-state index contributed by atoms with van der Waals surface area (Å²) in [4.78, 5) is 24.2. The van der Waals surface area contributed by atoms with Gasteiger partial charge in [0.1, 0.15) is 5.75 Å². The monoisotopic (exact) mass is 407 g/mol. The average Bonchev–Trinajstić information content (AvgIpc) is 2.68. The smallest absolute Gasteiger partial charge is 0.344 e. The lowest BCUT2D eigenvalue weighted by atomic mass is 10.2. The highest BCUT2D eigenvalue weighted by Crippen LogP contribution is 2.29. The number of benzene rings is 2. The first-order chi connectivity index (χ1) is 13.3. The number of methoxy groups -OCH3 is 2. The Morgan fingerprint density at radius 1 is 1.07 bits per heavy atom. The maximum Gasteiger partial charge on any atom is 0.344 e. The second kappa shape index (κ2) is 9.85. The molecule has 0 aliphatic carbocycles. The van der Waals surface area contributed by atoms with Crippen molar-refractivity contribution < 1.29 is 28.5 Å². The number of carbonyl (C=O) groups excluding carboxylic acids is 2. The van der Waals surface area contributed by atoms with Crippen LogP contribution in [0.3, 0.4) is 0 Å². The van der Waals surface area contributed by atoms with Gasteiger partial charge >= 0.3 is 5.97 Å². The number of nitrogens with one attached hydrogen (secondary N) is 1. The average molecular weight is 408 g/mol. The molecule has 0 saturated carbocycles. The van der Waals surface area contributed by atoms with E-state index in [1.54, 1.807) is 36.4 Å². The van der Waals surface area contributed by atoms with Crippen LogP contribution < -0.4 is 19.5 Å². The normalized spacial score (nSPS) is 11.3. The van der Waals surface area contributed by atoms with Gasteiger partial charge in [-0.05, 0) is 49.7 Å². The molecular formula is C20H22ClNO6. The number of aryl methyl sites for hydroxylation is 1. The predicted molar refractivity (Wildman–Crippen MR) is 105 cm³/mol. The third kappa shape index (κ3) is 5.79. The highest BCUT2D eigenvalue weighted by molar-refractivity contribution is 6.31. The number of anilines is 1. The standard InChI is InChI=1S/C20H22ClNO6/c1-12-9-15(6-7-16(12)21)27-11-19(23)28-13(2)20(24)22-14-5-8-17(25-3)18(10-14)26-4/h5-10,13H,11H2,1-4H3,(H,22,24). The van der Waals surface area contributed by atoms with Gasteiger partial charge in [0.25, 0.3) is 5.91 Å². The van der Waals surface area contributed by atoms with Crippen LogP contribution in [0, 0.1) is 6.92 Å². The minimum absolute atomic E-state index is 0.324. The van der Waals surface area contributed by atoms with Crippen LogP contribution in [0.4, 0.5) is 5.69 Å². The molecule has 0 radical (unpaired) electrons. The van der Waals surface area contributed by atoms with Crippen LogP contribution in [0.25, 0.3) is 0 Å². The van der Waals surface area contributed by atoms with Crippen molar-refractivity contribution in [3.05, 3.63) is 47.0 Å². The third-order valence-electron chi connectivity index (χ3n) is 3.81. The largest absolute Gasteiger partial charge is 0.493 e. The first kappa shape index (κ1) is 21.4. The Morgan fingerprint density at radius 2 is 1.79 bits per heavy atom. The van der Waals surface area contributed by atoms with Gasteiger partial charge in [0, 0.05) is 16.8 Å². The van der Waals surface area contributed by atoms with Gasteiger partial charge in [-0.2, -0.15) is 0 Å². The van der Waals surface area contributed by atoms with E-state index in [9.17, 15) is 9.59 Å². The van der Waals surface area contributed by atoms with Gasteiger partial charge in [-0.3, -0.25) is 4.79 Å². The summed E-state index contributed by atoms with van der Waals surface area (Å²) in [5.41, 5.74) is 1.31. The molecule has 0 heterocycles. The number of rotatable bonds is 8. The second-order valence-corrected chi connectivity index (χ2v) is 6.30. The molecule has 28 heavy (non-hydrogen) atoms. The third-order valence-corrected chi connectivity index (χ3v) is 4.24. The summed E-state index contributed by atoms with van der Waals surface area (Å²) < 4.78 is 20.8. The van der Waals surface area contributed by atoms with Crippen LogP contribution in [0.1, 0.15) is 12.5 Å². The second-order valence-electron chi connectivity index (χ2n) is 5.89. The fourth-order valence-electron chi connectivity index (χ4n) is 2.29. The van der Waals surface area contributed by atoms with E-state index in [0.717, 1.165) is 5.56 Å². The highest BCUT2D eigenvalue weighted by atomic mass is 35.5. The van der Waals surface area contributed by atoms with Gasteiger partial charge in [0.2, 0.25) is 0 Å². The quantitative estimate of drug-likeness (QED) is 0.673. The maximum atomic E-state index is 12.2. The Balaban J connectivity index is 1.87. The van der Waals surface area contributed by atoms with Crippen LogP contribution >= 0.6 is 11.6 Å². The first-order valence-corrected chi connectivity index (χ1v) is 8.83. The molecule has 0 aliphatic rings. The number of hydrogen-bond donors (Lipinski definition) is 1. The SMILES string of the molecule is COc1ccc(NC(=O)C(C)OC(=O)COc2ccc(Cl)c(C)c2)cc1OC. The Labute approximate surface area is 168 Å². The van der Waals surface area contributed by atoms with Crippen molar-refractivity contribution in [3.8, 4) is 17.2 Å². The lowest BCUT2D eigenvalue weighted by Gasteiger charge is -2.15. The lowest BCUT2D eigenvalue weighted by Crippen LogP contribution is -2.31. The first-order valence-electron chi connectivity index (χ1n) is 8.45. The molecule has 150 valence electrons. The van der Waals surface area contributed by atoms with Crippen molar-refractivity contribution in [1.29, 1.82) is 0 Å². The Bertz CT molecular complexity index is 855. The van der Waals surface area contributed by atoms with Crippen LogP contribution in [-0.2, 0) is 14.3 Å². The molecule has 1 atom stereocenters. The van der Waals surface area contributed by atoms with Crippen LogP contribution in [0.2, 0.25) is 5.02 Å². The molecule has 0 saturated heterocycles. The Morgan fingerprint density at radius 3 is 2.43 bits per heavy atom. The molecule has 0 bridgehead atoms. The summed E-state index contributed by atoms with van der Waals surface area (Å²) >= 11 is 5.94. The van der Waals surface area contributed by atoms with Crippen molar-refractivity contribution in [2.75, 3.05) is 26.1 Å². The zero-order chi connectivity index (χ0) is 20.7. The number of halogens is 1. The molecule has 1 N–H and O–H groups in total. The molecule has 0 fully saturated rings. The molecule has 1 unspecified atom stereocenters. The van der Waals surface area contributed by atoms with E-state index in [1.165, 1.54) is 21.1 Å². The van der Waals surface area contributed by atoms with Crippen molar-refractivity contribution >= 4 is 29.2 Å². The summed E-state index contributed by atoms with van der Waals surface area (Å²) in [7, 11) is 3.01. The van der Waals surface area contributed by atoms with Gasteiger partial charge < -0.3 is 24.3 Å². The molecule has 0 aliphatic heterocycles. The number of carbonyl (C=O) groups is 2. The molecule has 2 aromatic rings. The van der Waals surface area contributed by atoms with E-state index in [4.69, 9.17) is 30.5 Å². The van der Waals surface area contributed by atoms with E-state index >= 15 is 0 Å². The van der Waals surface area contributed by atoms with E-state index < -0.39 is 18.0 Å². The van der Waals surface area contributed by atoms with Crippen LogP contribution in [0.5, 0.6) is 17.2 Å². The van der Waals surface area contributed by atoms with Crippen molar-refractivity contribution in [1.82, 2.24) is 0 Å². The zero-order valence-corrected chi connectivity index (χ0v) is 16.8. The summed E-state index contributed by atoms with van der Waals surface area (Å²) in [5, 5.41) is 3.26. The maximum absolute atomic E-state index is 12.2. The van der Waals surface area contributed by atoms with E-state index in [2.05, 4.69) is 5.32 Å². The fraction of sp³-hybridized carbons (Fsp3) is 0.300. The van der Waals surface area contributed by atoms with Gasteiger partial charge in [0.05, 0.1) is 14.2 Å². The van der Waals surface area contributed by atoms with Gasteiger partial charge in [0.15, 0.2) is 24.2 Å². The molecule has 1 amide bonds. The van der Waals surface area contributed by atoms with Crippen LogP contribution in [0.15, 0.2) is 36.4 Å². The summed E-state index contributed by atoms with van der Waals surface area (Å²) in [6.07, 6.45) is -1.00. The number of hydrogen-bond acceptors (Lipinski definition) is 6. The van der Waals surface area contributed by atoms with Crippen molar-refractivity contribution in [3.63, 3.8) is 0 Å². The lowest BCUT2D eigenvalue weighted by molar-refractivity contribution is -0.155. The summed E-state index contributed by atoms with van der Waals surface area (Å²) in [6.45, 7) is 2.98. The van der Waals surface area contributed by atoms with Gasteiger partial charge in [-0.1, -0.05) is 11.6 Å². The highest BCUT2D eigenvalue weighted by Gasteiger charge is 2.19. The number of ether oxygens (including phenoxy) is 4. The van der Waals surface area contributed by atoms with Crippen molar-refractivity contribution in [2.45, 2.75) is 20.0 Å².